The lowest BCUT2D eigenvalue weighted by molar-refractivity contribution is 0.0526. The lowest BCUT2D eigenvalue weighted by Crippen LogP contribution is -2.13. The highest BCUT2D eigenvalue weighted by molar-refractivity contribution is 6.30. The molecule has 0 atom stereocenters. The number of benzene rings is 3. The summed E-state index contributed by atoms with van der Waals surface area (Å²) < 4.78 is 16.5. The molecule has 0 saturated carbocycles. The van der Waals surface area contributed by atoms with Gasteiger partial charge >= 0.3 is 5.97 Å². The Labute approximate surface area is 192 Å². The second-order valence-electron chi connectivity index (χ2n) is 6.75. The highest BCUT2D eigenvalue weighted by Gasteiger charge is 2.13. The number of hydrogen-bond donors (Lipinski definition) is 1. The molecule has 3 aromatic rings. The van der Waals surface area contributed by atoms with Crippen LogP contribution in [0.3, 0.4) is 0 Å². The predicted molar refractivity (Wildman–Crippen MR) is 124 cm³/mol. The number of amides is 1. The van der Waals surface area contributed by atoms with Crippen molar-refractivity contribution in [3.05, 3.63) is 88.4 Å². The Morgan fingerprint density at radius 1 is 0.844 bits per heavy atom. The van der Waals surface area contributed by atoms with E-state index in [4.69, 9.17) is 25.8 Å². The van der Waals surface area contributed by atoms with E-state index in [1.54, 1.807) is 73.7 Å². The predicted octanol–water partition coefficient (Wildman–Crippen LogP) is 5.75. The molecule has 1 amide bonds. The van der Waals surface area contributed by atoms with Crippen molar-refractivity contribution in [2.45, 2.75) is 20.5 Å². The number of rotatable bonds is 9. The Balaban J connectivity index is 1.72. The molecule has 6 nitrogen and oxygen atoms in total. The van der Waals surface area contributed by atoms with Gasteiger partial charge in [-0.1, -0.05) is 11.6 Å². The second kappa shape index (κ2) is 11.2. The maximum atomic E-state index is 12.8. The monoisotopic (exact) mass is 453 g/mol. The van der Waals surface area contributed by atoms with Gasteiger partial charge in [0.25, 0.3) is 5.91 Å². The zero-order valence-electron chi connectivity index (χ0n) is 17.9. The van der Waals surface area contributed by atoms with Gasteiger partial charge in [-0.2, -0.15) is 0 Å². The Morgan fingerprint density at radius 3 is 2.19 bits per heavy atom. The number of ether oxygens (including phenoxy) is 3. The summed E-state index contributed by atoms with van der Waals surface area (Å²) in [6.45, 7) is 4.67. The van der Waals surface area contributed by atoms with Gasteiger partial charge < -0.3 is 19.5 Å². The van der Waals surface area contributed by atoms with Gasteiger partial charge in [-0.05, 0) is 80.6 Å². The Kier molecular flexibility index (Phi) is 8.11. The summed E-state index contributed by atoms with van der Waals surface area (Å²) >= 11 is 5.91. The van der Waals surface area contributed by atoms with Gasteiger partial charge in [0.1, 0.15) is 18.1 Å². The van der Waals surface area contributed by atoms with Gasteiger partial charge in [-0.25, -0.2) is 4.79 Å². The van der Waals surface area contributed by atoms with Gasteiger partial charge in [0.2, 0.25) is 0 Å². The van der Waals surface area contributed by atoms with E-state index in [1.807, 2.05) is 6.92 Å². The van der Waals surface area contributed by atoms with Crippen molar-refractivity contribution in [1.82, 2.24) is 0 Å². The van der Waals surface area contributed by atoms with E-state index in [2.05, 4.69) is 5.32 Å². The highest BCUT2D eigenvalue weighted by atomic mass is 35.5. The summed E-state index contributed by atoms with van der Waals surface area (Å²) in [6, 6.07) is 18.8. The van der Waals surface area contributed by atoms with Crippen LogP contribution in [-0.4, -0.2) is 25.1 Å². The maximum absolute atomic E-state index is 12.8. The minimum absolute atomic E-state index is 0.228. The third-order valence-electron chi connectivity index (χ3n) is 4.48. The average molecular weight is 454 g/mol. The molecule has 0 fully saturated rings. The molecule has 0 aromatic heterocycles. The van der Waals surface area contributed by atoms with Crippen LogP contribution < -0.4 is 14.8 Å². The molecular formula is C25H24ClNO5. The van der Waals surface area contributed by atoms with Crippen molar-refractivity contribution < 1.29 is 23.8 Å². The van der Waals surface area contributed by atoms with Crippen LogP contribution in [0, 0.1) is 0 Å². The molecule has 0 aliphatic rings. The number of esters is 1. The first-order valence-corrected chi connectivity index (χ1v) is 10.6. The lowest BCUT2D eigenvalue weighted by Gasteiger charge is -2.14. The van der Waals surface area contributed by atoms with Crippen molar-refractivity contribution >= 4 is 29.2 Å². The number of carbonyl (C=O) groups is 2. The van der Waals surface area contributed by atoms with Crippen molar-refractivity contribution in [2.24, 2.45) is 0 Å². The summed E-state index contributed by atoms with van der Waals surface area (Å²) in [6.07, 6.45) is 0. The molecule has 3 rings (SSSR count). The molecule has 0 aliphatic heterocycles. The van der Waals surface area contributed by atoms with E-state index >= 15 is 0 Å². The Morgan fingerprint density at radius 2 is 1.53 bits per heavy atom. The van der Waals surface area contributed by atoms with Crippen molar-refractivity contribution in [2.75, 3.05) is 18.5 Å². The summed E-state index contributed by atoms with van der Waals surface area (Å²) in [7, 11) is 0. The van der Waals surface area contributed by atoms with Gasteiger partial charge in [0.05, 0.1) is 18.8 Å². The molecular weight excluding hydrogens is 430 g/mol. The molecule has 0 heterocycles. The molecule has 1 N–H and O–H groups in total. The van der Waals surface area contributed by atoms with Crippen LogP contribution in [0.25, 0.3) is 0 Å². The Hall–Kier alpha value is -3.51. The fraction of sp³-hybridized carbons (Fsp3) is 0.200. The first-order chi connectivity index (χ1) is 15.5. The van der Waals surface area contributed by atoms with E-state index in [0.717, 1.165) is 5.56 Å². The molecule has 166 valence electrons. The van der Waals surface area contributed by atoms with Gasteiger partial charge in [-0.3, -0.25) is 4.79 Å². The van der Waals surface area contributed by atoms with Crippen LogP contribution in [0.15, 0.2) is 66.7 Å². The molecule has 0 aliphatic carbocycles. The van der Waals surface area contributed by atoms with Crippen LogP contribution in [0.4, 0.5) is 5.69 Å². The quantitative estimate of drug-likeness (QED) is 0.418. The van der Waals surface area contributed by atoms with Crippen molar-refractivity contribution in [3.63, 3.8) is 0 Å². The number of nitrogens with one attached hydrogen (secondary N) is 1. The SMILES string of the molecule is CCOC(=O)c1ccc(NC(=O)c2ccc(OCC)c(COc3ccc(Cl)cc3)c2)cc1. The Bertz CT molecular complexity index is 1060. The normalized spacial score (nSPS) is 10.3. The minimum Gasteiger partial charge on any atom is -0.493 e. The van der Waals surface area contributed by atoms with Gasteiger partial charge in [0, 0.05) is 21.8 Å². The number of carbonyl (C=O) groups excluding carboxylic acids is 2. The molecule has 3 aromatic carbocycles. The van der Waals surface area contributed by atoms with Crippen LogP contribution in [-0.2, 0) is 11.3 Å². The fourth-order valence-corrected chi connectivity index (χ4v) is 3.06. The molecule has 0 spiro atoms. The van der Waals surface area contributed by atoms with E-state index in [0.29, 0.717) is 46.5 Å². The van der Waals surface area contributed by atoms with E-state index < -0.39 is 5.97 Å². The zero-order chi connectivity index (χ0) is 22.9. The average Bonchev–Trinajstić information content (AvgIpc) is 2.80. The highest BCUT2D eigenvalue weighted by Crippen LogP contribution is 2.24. The van der Waals surface area contributed by atoms with Crippen LogP contribution >= 0.6 is 11.6 Å². The van der Waals surface area contributed by atoms with Crippen molar-refractivity contribution in [1.29, 1.82) is 0 Å². The standard InChI is InChI=1S/C25H24ClNO5/c1-3-30-23-14-7-18(15-19(23)16-32-22-12-8-20(26)9-13-22)24(28)27-21-10-5-17(6-11-21)25(29)31-4-2/h5-15H,3-4,16H2,1-2H3,(H,27,28). The smallest absolute Gasteiger partial charge is 0.338 e. The third kappa shape index (κ3) is 6.25. The minimum atomic E-state index is -0.401. The molecule has 0 bridgehead atoms. The van der Waals surface area contributed by atoms with Crippen LogP contribution in [0.2, 0.25) is 5.02 Å². The molecule has 0 saturated heterocycles. The summed E-state index contributed by atoms with van der Waals surface area (Å²) in [5, 5.41) is 3.45. The molecule has 7 heteroatoms. The van der Waals surface area contributed by atoms with E-state index in [1.165, 1.54) is 0 Å². The maximum Gasteiger partial charge on any atom is 0.338 e. The number of halogens is 1. The first kappa shape index (κ1) is 23.2. The molecule has 32 heavy (non-hydrogen) atoms. The number of anilines is 1. The summed E-state index contributed by atoms with van der Waals surface area (Å²) in [5.74, 6) is 0.622. The number of hydrogen-bond acceptors (Lipinski definition) is 5. The van der Waals surface area contributed by atoms with Crippen molar-refractivity contribution in [3.8, 4) is 11.5 Å². The molecule has 0 unspecified atom stereocenters. The van der Waals surface area contributed by atoms with Crippen LogP contribution in [0.5, 0.6) is 11.5 Å². The zero-order valence-corrected chi connectivity index (χ0v) is 18.6. The molecule has 0 radical (unpaired) electrons. The third-order valence-corrected chi connectivity index (χ3v) is 4.74. The van der Waals surface area contributed by atoms with Gasteiger partial charge in [0.15, 0.2) is 0 Å². The summed E-state index contributed by atoms with van der Waals surface area (Å²) in [4.78, 5) is 24.5. The van der Waals surface area contributed by atoms with E-state index in [-0.39, 0.29) is 12.5 Å². The lowest BCUT2D eigenvalue weighted by atomic mass is 10.1. The second-order valence-corrected chi connectivity index (χ2v) is 7.19. The van der Waals surface area contributed by atoms with Crippen LogP contribution in [0.1, 0.15) is 40.1 Å². The van der Waals surface area contributed by atoms with Gasteiger partial charge in [-0.15, -0.1) is 0 Å². The summed E-state index contributed by atoms with van der Waals surface area (Å²) in [5.41, 5.74) is 2.19. The van der Waals surface area contributed by atoms with E-state index in [9.17, 15) is 9.59 Å². The first-order valence-electron chi connectivity index (χ1n) is 10.2. The fourth-order valence-electron chi connectivity index (χ4n) is 2.93. The topological polar surface area (TPSA) is 73.9 Å². The largest absolute Gasteiger partial charge is 0.493 e.